The third-order valence-corrected chi connectivity index (χ3v) is 6.38. The predicted molar refractivity (Wildman–Crippen MR) is 126 cm³/mol. The van der Waals surface area contributed by atoms with Crippen LogP contribution in [-0.4, -0.2) is 18.0 Å². The van der Waals surface area contributed by atoms with Crippen molar-refractivity contribution in [2.24, 2.45) is 0 Å². The summed E-state index contributed by atoms with van der Waals surface area (Å²) in [5.74, 6) is 0.706. The van der Waals surface area contributed by atoms with Gasteiger partial charge < -0.3 is 9.88 Å². The van der Waals surface area contributed by atoms with Gasteiger partial charge in [0.15, 0.2) is 0 Å². The molecule has 1 heterocycles. The summed E-state index contributed by atoms with van der Waals surface area (Å²) in [6.45, 7) is 6.78. The van der Waals surface area contributed by atoms with E-state index in [1.165, 1.54) is 0 Å². The highest BCUT2D eigenvalue weighted by Gasteiger charge is 2.16. The molecule has 0 aliphatic carbocycles. The van der Waals surface area contributed by atoms with Crippen molar-refractivity contribution in [3.05, 3.63) is 96.6 Å². The number of hydrogen-bond acceptors (Lipinski definition) is 4. The molecule has 0 spiro atoms. The van der Waals surface area contributed by atoms with Crippen LogP contribution in [0.15, 0.2) is 90.3 Å². The molecule has 0 saturated carbocycles. The third-order valence-electron chi connectivity index (χ3n) is 5.00. The van der Waals surface area contributed by atoms with Crippen LogP contribution in [0.4, 0.5) is 11.6 Å². The van der Waals surface area contributed by atoms with E-state index < -0.39 is 10.0 Å². The average molecular weight is 433 g/mol. The van der Waals surface area contributed by atoms with E-state index in [1.54, 1.807) is 30.3 Å². The largest absolute Gasteiger partial charge is 0.351 e. The predicted octanol–water partition coefficient (Wildman–Crippen LogP) is 4.94. The van der Waals surface area contributed by atoms with Crippen molar-refractivity contribution in [1.82, 2.24) is 9.55 Å². The van der Waals surface area contributed by atoms with Gasteiger partial charge in [-0.05, 0) is 42.8 Å². The van der Waals surface area contributed by atoms with Crippen LogP contribution in [0.5, 0.6) is 0 Å². The van der Waals surface area contributed by atoms with Crippen LogP contribution in [0.1, 0.15) is 11.1 Å². The summed E-state index contributed by atoms with van der Waals surface area (Å²) >= 11 is 0. The molecule has 31 heavy (non-hydrogen) atoms. The van der Waals surface area contributed by atoms with Crippen molar-refractivity contribution in [3.63, 3.8) is 0 Å². The maximum atomic E-state index is 12.8. The number of rotatable bonds is 8. The Labute approximate surface area is 182 Å². The van der Waals surface area contributed by atoms with Gasteiger partial charge in [0, 0.05) is 13.1 Å². The molecule has 2 N–H and O–H groups in total. The molecule has 0 amide bonds. The molecule has 0 radical (unpaired) electrons. The van der Waals surface area contributed by atoms with Gasteiger partial charge in [0.2, 0.25) is 5.95 Å². The van der Waals surface area contributed by atoms with Crippen LogP contribution < -0.4 is 10.0 Å². The first kappa shape index (κ1) is 20.7. The molecular weight excluding hydrogens is 408 g/mol. The second-order valence-electron chi connectivity index (χ2n) is 7.25. The molecule has 6 nitrogen and oxygen atoms in total. The number of anilines is 2. The van der Waals surface area contributed by atoms with Crippen molar-refractivity contribution >= 4 is 32.7 Å². The van der Waals surface area contributed by atoms with Crippen molar-refractivity contribution < 1.29 is 8.42 Å². The van der Waals surface area contributed by atoms with E-state index in [0.717, 1.165) is 22.2 Å². The monoisotopic (exact) mass is 432 g/mol. The van der Waals surface area contributed by atoms with E-state index in [2.05, 4.69) is 21.6 Å². The minimum Gasteiger partial charge on any atom is -0.351 e. The number of allylic oxidation sites excluding steroid dienone is 1. The lowest BCUT2D eigenvalue weighted by Crippen LogP contribution is -2.15. The Hall–Kier alpha value is -3.58. The minimum atomic E-state index is -3.68. The number of hydrogen-bond donors (Lipinski definition) is 2. The molecule has 1 aromatic heterocycles. The van der Waals surface area contributed by atoms with Gasteiger partial charge in [-0.25, -0.2) is 13.4 Å². The Morgan fingerprint density at radius 3 is 2.48 bits per heavy atom. The Balaban J connectivity index is 1.59. The first-order valence-corrected chi connectivity index (χ1v) is 11.4. The second-order valence-corrected chi connectivity index (χ2v) is 8.94. The van der Waals surface area contributed by atoms with Crippen molar-refractivity contribution in [2.75, 3.05) is 10.0 Å². The van der Waals surface area contributed by atoms with E-state index in [1.807, 2.05) is 60.0 Å². The van der Waals surface area contributed by atoms with Crippen LogP contribution >= 0.6 is 0 Å². The molecule has 0 saturated heterocycles. The van der Waals surface area contributed by atoms with Gasteiger partial charge in [0.1, 0.15) is 0 Å². The van der Waals surface area contributed by atoms with E-state index in [0.29, 0.717) is 24.7 Å². The molecule has 7 heteroatoms. The van der Waals surface area contributed by atoms with Gasteiger partial charge in [-0.15, -0.1) is 6.58 Å². The lowest BCUT2D eigenvalue weighted by molar-refractivity contribution is 0.601. The number of para-hydroxylation sites is 3. The Kier molecular flexibility index (Phi) is 5.77. The van der Waals surface area contributed by atoms with E-state index >= 15 is 0 Å². The summed E-state index contributed by atoms with van der Waals surface area (Å²) in [5, 5.41) is 3.35. The average Bonchev–Trinajstić information content (AvgIpc) is 3.11. The first-order valence-electron chi connectivity index (χ1n) is 9.95. The molecule has 0 fully saturated rings. The van der Waals surface area contributed by atoms with Crippen LogP contribution in [0.3, 0.4) is 0 Å². The van der Waals surface area contributed by atoms with Gasteiger partial charge >= 0.3 is 0 Å². The first-order chi connectivity index (χ1) is 15.0. The van der Waals surface area contributed by atoms with Gasteiger partial charge in [0.05, 0.1) is 21.6 Å². The zero-order chi connectivity index (χ0) is 21.8. The number of fused-ring (bicyclic) bond motifs is 1. The zero-order valence-corrected chi connectivity index (χ0v) is 18.1. The van der Waals surface area contributed by atoms with Crippen LogP contribution in [0.2, 0.25) is 0 Å². The molecule has 0 atom stereocenters. The summed E-state index contributed by atoms with van der Waals surface area (Å²) in [5.41, 5.74) is 4.25. The number of benzene rings is 3. The molecule has 0 aliphatic rings. The minimum absolute atomic E-state index is 0.230. The molecule has 0 aliphatic heterocycles. The van der Waals surface area contributed by atoms with Gasteiger partial charge in [-0.2, -0.15) is 0 Å². The van der Waals surface area contributed by atoms with E-state index in [9.17, 15) is 8.42 Å². The third kappa shape index (κ3) is 4.46. The normalized spacial score (nSPS) is 11.4. The van der Waals surface area contributed by atoms with E-state index in [4.69, 9.17) is 0 Å². The Bertz CT molecular complexity index is 1330. The topological polar surface area (TPSA) is 76.0 Å². The summed E-state index contributed by atoms with van der Waals surface area (Å²) in [6, 6.07) is 22.0. The molecule has 158 valence electrons. The standard InChI is InChI=1S/C24H24N4O2S/c1-3-16-28-23-11-7-6-10-22(23)26-24(28)25-17-19-8-4-5-9-21(19)27-31(29,30)20-14-12-18(2)13-15-20/h3-15,27H,1,16-17H2,2H3,(H,25,26). The number of aromatic nitrogens is 2. The number of aryl methyl sites for hydroxylation is 1. The van der Waals surface area contributed by atoms with Crippen molar-refractivity contribution in [2.45, 2.75) is 24.9 Å². The van der Waals surface area contributed by atoms with Gasteiger partial charge in [-0.3, -0.25) is 4.72 Å². The second kappa shape index (κ2) is 8.65. The lowest BCUT2D eigenvalue weighted by atomic mass is 10.2. The molecule has 4 rings (SSSR count). The quantitative estimate of drug-likeness (QED) is 0.387. The number of sulfonamides is 1. The highest BCUT2D eigenvalue weighted by Crippen LogP contribution is 2.23. The molecule has 0 bridgehead atoms. The number of nitrogens with zero attached hydrogens (tertiary/aromatic N) is 2. The SMILES string of the molecule is C=CCn1c(NCc2ccccc2NS(=O)(=O)c2ccc(C)cc2)nc2ccccc21. The zero-order valence-electron chi connectivity index (χ0n) is 17.2. The summed E-state index contributed by atoms with van der Waals surface area (Å²) in [7, 11) is -3.68. The highest BCUT2D eigenvalue weighted by atomic mass is 32.2. The smallest absolute Gasteiger partial charge is 0.261 e. The molecular formula is C24H24N4O2S. The van der Waals surface area contributed by atoms with Crippen molar-refractivity contribution in [3.8, 4) is 0 Å². The van der Waals surface area contributed by atoms with Crippen molar-refractivity contribution in [1.29, 1.82) is 0 Å². The summed E-state index contributed by atoms with van der Waals surface area (Å²) in [6.07, 6.45) is 1.82. The fourth-order valence-corrected chi connectivity index (χ4v) is 4.49. The fourth-order valence-electron chi connectivity index (χ4n) is 3.39. The Morgan fingerprint density at radius 2 is 1.71 bits per heavy atom. The van der Waals surface area contributed by atoms with Crippen LogP contribution in [0, 0.1) is 6.92 Å². The van der Waals surface area contributed by atoms with Crippen LogP contribution in [0.25, 0.3) is 11.0 Å². The Morgan fingerprint density at radius 1 is 1.00 bits per heavy atom. The maximum absolute atomic E-state index is 12.8. The molecule has 4 aromatic rings. The van der Waals surface area contributed by atoms with Gasteiger partial charge in [-0.1, -0.05) is 54.1 Å². The summed E-state index contributed by atoms with van der Waals surface area (Å²) in [4.78, 5) is 4.90. The van der Waals surface area contributed by atoms with Gasteiger partial charge in [0.25, 0.3) is 10.0 Å². The highest BCUT2D eigenvalue weighted by molar-refractivity contribution is 7.92. The van der Waals surface area contributed by atoms with Crippen LogP contribution in [-0.2, 0) is 23.1 Å². The maximum Gasteiger partial charge on any atom is 0.261 e. The number of nitrogens with one attached hydrogen (secondary N) is 2. The fraction of sp³-hybridized carbons (Fsp3) is 0.125. The number of imidazole rings is 1. The van der Waals surface area contributed by atoms with E-state index in [-0.39, 0.29) is 4.90 Å². The lowest BCUT2D eigenvalue weighted by Gasteiger charge is -2.14. The molecule has 0 unspecified atom stereocenters. The summed E-state index contributed by atoms with van der Waals surface area (Å²) < 4.78 is 30.4. The molecule has 3 aromatic carbocycles.